The van der Waals surface area contributed by atoms with Crippen molar-refractivity contribution in [2.45, 2.75) is 25.9 Å². The van der Waals surface area contributed by atoms with Crippen LogP contribution in [0.4, 0.5) is 17.1 Å². The van der Waals surface area contributed by atoms with Gasteiger partial charge in [0.25, 0.3) is 5.91 Å². The Morgan fingerprint density at radius 1 is 0.917 bits per heavy atom. The maximum absolute atomic E-state index is 12.6. The number of carbonyl (C=O) groups excluding carboxylic acids is 1. The Hall–Kier alpha value is -5.19. The third kappa shape index (κ3) is 6.49. The highest BCUT2D eigenvalue weighted by atomic mass is 32.1. The maximum atomic E-state index is 12.6. The van der Waals surface area contributed by atoms with Crippen molar-refractivity contribution in [3.63, 3.8) is 0 Å². The van der Waals surface area contributed by atoms with Gasteiger partial charge in [0.1, 0.15) is 5.75 Å². The molecule has 2 aliphatic rings. The van der Waals surface area contributed by atoms with E-state index in [0.29, 0.717) is 16.5 Å². The van der Waals surface area contributed by atoms with Crippen LogP contribution in [0.5, 0.6) is 5.75 Å². The highest BCUT2D eigenvalue weighted by Gasteiger charge is 2.42. The molecule has 0 spiro atoms. The van der Waals surface area contributed by atoms with Gasteiger partial charge in [-0.1, -0.05) is 24.3 Å². The lowest BCUT2D eigenvalue weighted by Gasteiger charge is -2.29. The van der Waals surface area contributed by atoms with E-state index in [1.165, 1.54) is 5.69 Å². The Bertz CT molecular complexity index is 1870. The quantitative estimate of drug-likeness (QED) is 0.173. The molecule has 0 aliphatic carbocycles. The predicted octanol–water partition coefficient (Wildman–Crippen LogP) is 6.52. The molecule has 48 heavy (non-hydrogen) atoms. The zero-order valence-corrected chi connectivity index (χ0v) is 27.8. The Kier molecular flexibility index (Phi) is 9.09. The van der Waals surface area contributed by atoms with Crippen LogP contribution in [-0.4, -0.2) is 53.5 Å². The zero-order chi connectivity index (χ0) is 33.0. The van der Waals surface area contributed by atoms with Gasteiger partial charge in [0.2, 0.25) is 0 Å². The second-order valence-corrected chi connectivity index (χ2v) is 12.4. The molecule has 4 heterocycles. The third-order valence-electron chi connectivity index (χ3n) is 8.91. The molecule has 2 aromatic heterocycles. The number of aromatic nitrogens is 2. The summed E-state index contributed by atoms with van der Waals surface area (Å²) in [5.74, 6) is 0.416. The van der Waals surface area contributed by atoms with Gasteiger partial charge in [-0.25, -0.2) is 0 Å². The van der Waals surface area contributed by atoms with Crippen molar-refractivity contribution in [2.75, 3.05) is 48.0 Å². The van der Waals surface area contributed by atoms with Crippen molar-refractivity contribution in [1.29, 1.82) is 0 Å². The number of anilines is 3. The number of hydrogen-bond acceptors (Lipinski definition) is 6. The molecule has 9 nitrogen and oxygen atoms in total. The fourth-order valence-electron chi connectivity index (χ4n) is 6.64. The molecule has 0 radical (unpaired) electrons. The number of rotatable bonds is 9. The molecule has 244 valence electrons. The molecule has 2 fully saturated rings. The van der Waals surface area contributed by atoms with Crippen LogP contribution in [0.25, 0.3) is 5.69 Å². The van der Waals surface area contributed by atoms with Crippen LogP contribution in [0.1, 0.15) is 34.7 Å². The molecule has 2 aliphatic heterocycles. The van der Waals surface area contributed by atoms with E-state index < -0.39 is 0 Å². The normalized spacial score (nSPS) is 17.7. The van der Waals surface area contributed by atoms with Crippen LogP contribution in [-0.2, 0) is 9.53 Å². The summed E-state index contributed by atoms with van der Waals surface area (Å²) in [6.07, 6.45) is 1.82. The summed E-state index contributed by atoms with van der Waals surface area (Å²) in [4.78, 5) is 21.9. The topological polar surface area (TPSA) is 83.9 Å². The first kappa shape index (κ1) is 31.4. The van der Waals surface area contributed by atoms with Crippen molar-refractivity contribution < 1.29 is 14.3 Å². The monoisotopic (exact) mass is 658 g/mol. The molecule has 2 atom stereocenters. The maximum Gasteiger partial charge on any atom is 0.262 e. The number of ether oxygens (including phenoxy) is 2. The van der Waals surface area contributed by atoms with Crippen molar-refractivity contribution in [3.8, 4) is 11.4 Å². The third-order valence-corrected chi connectivity index (χ3v) is 9.23. The first-order valence-electron chi connectivity index (χ1n) is 16.2. The van der Waals surface area contributed by atoms with Crippen molar-refractivity contribution in [2.24, 2.45) is 0 Å². The van der Waals surface area contributed by atoms with Crippen LogP contribution < -0.4 is 25.2 Å². The predicted molar refractivity (Wildman–Crippen MR) is 193 cm³/mol. The molecule has 0 bridgehead atoms. The van der Waals surface area contributed by atoms with Crippen molar-refractivity contribution in [1.82, 2.24) is 14.9 Å². The van der Waals surface area contributed by atoms with Gasteiger partial charge in [-0.05, 0) is 110 Å². The fourth-order valence-corrected chi connectivity index (χ4v) is 6.98. The molecule has 2 N–H and O–H groups in total. The summed E-state index contributed by atoms with van der Waals surface area (Å²) in [5.41, 5.74) is 8.24. The van der Waals surface area contributed by atoms with Gasteiger partial charge >= 0.3 is 0 Å². The lowest BCUT2D eigenvalue weighted by Crippen LogP contribution is -2.36. The largest absolute Gasteiger partial charge is 0.484 e. The minimum Gasteiger partial charge on any atom is -0.484 e. The molecule has 5 aromatic rings. The van der Waals surface area contributed by atoms with Crippen LogP contribution >= 0.6 is 12.2 Å². The summed E-state index contributed by atoms with van der Waals surface area (Å²) < 4.78 is 13.5. The second kappa shape index (κ2) is 13.9. The van der Waals surface area contributed by atoms with Gasteiger partial charge < -0.3 is 34.5 Å². The van der Waals surface area contributed by atoms with E-state index in [-0.39, 0.29) is 24.6 Å². The lowest BCUT2D eigenvalue weighted by molar-refractivity contribution is -0.118. The molecule has 2 saturated heterocycles. The number of pyridine rings is 1. The number of para-hydroxylation sites is 1. The summed E-state index contributed by atoms with van der Waals surface area (Å²) in [6.45, 7) is 7.56. The summed E-state index contributed by atoms with van der Waals surface area (Å²) >= 11 is 5.99. The van der Waals surface area contributed by atoms with Gasteiger partial charge in [0.15, 0.2) is 11.7 Å². The lowest BCUT2D eigenvalue weighted by atomic mass is 9.96. The highest BCUT2D eigenvalue weighted by molar-refractivity contribution is 7.80. The van der Waals surface area contributed by atoms with E-state index in [1.807, 2.05) is 79.0 Å². The van der Waals surface area contributed by atoms with Gasteiger partial charge in [0, 0.05) is 53.4 Å². The molecule has 10 heteroatoms. The van der Waals surface area contributed by atoms with E-state index in [2.05, 4.69) is 69.2 Å². The molecule has 1 amide bonds. The molecular weight excluding hydrogens is 621 g/mol. The standard InChI is InChI=1S/C38H38N6O3S/c1-26-24-33(27(2)43(26)30-17-15-29(16-18-30)42-20-22-46-23-21-42)37-36(34-10-6-7-19-39-34)41-38(48)44(37)31-13-11-28(12-14-31)40-35(45)25-47-32-8-4-3-5-9-32/h3-19,24,36-37H,20-23,25H2,1-2H3,(H,40,45)(H,41,48)/t36-,37+/m0/s1. The minimum absolute atomic E-state index is 0.0781. The molecule has 3 aromatic carbocycles. The van der Waals surface area contributed by atoms with Crippen LogP contribution in [0.2, 0.25) is 0 Å². The number of amides is 1. The number of nitrogens with zero attached hydrogens (tertiary/aromatic N) is 4. The molecule has 7 rings (SSSR count). The van der Waals surface area contributed by atoms with E-state index >= 15 is 0 Å². The number of carbonyl (C=O) groups is 1. The minimum atomic E-state index is -0.233. The van der Waals surface area contributed by atoms with Crippen LogP contribution in [0.15, 0.2) is 109 Å². The second-order valence-electron chi connectivity index (χ2n) is 12.0. The highest BCUT2D eigenvalue weighted by Crippen LogP contribution is 2.44. The number of nitrogens with one attached hydrogen (secondary N) is 2. The van der Waals surface area contributed by atoms with Gasteiger partial charge in [-0.2, -0.15) is 0 Å². The smallest absolute Gasteiger partial charge is 0.262 e. The zero-order valence-electron chi connectivity index (χ0n) is 27.0. The van der Waals surface area contributed by atoms with Crippen molar-refractivity contribution >= 4 is 40.3 Å². The SMILES string of the molecule is Cc1cc([C@@H]2[C@H](c3ccccn3)NC(=S)N2c2ccc(NC(=O)COc3ccccc3)cc2)c(C)n1-c1ccc(N2CCOCC2)cc1. The number of benzene rings is 3. The Balaban J connectivity index is 1.17. The van der Waals surface area contributed by atoms with E-state index in [9.17, 15) is 4.79 Å². The van der Waals surface area contributed by atoms with Crippen molar-refractivity contribution in [3.05, 3.63) is 132 Å². The fraction of sp³-hybridized carbons (Fsp3) is 0.237. The average Bonchev–Trinajstić information content (AvgIpc) is 3.63. The Labute approximate surface area is 286 Å². The first-order valence-corrected chi connectivity index (χ1v) is 16.6. The number of hydrogen-bond donors (Lipinski definition) is 2. The van der Waals surface area contributed by atoms with E-state index in [0.717, 1.165) is 60.3 Å². The Morgan fingerprint density at radius 2 is 1.60 bits per heavy atom. The number of aryl methyl sites for hydroxylation is 1. The summed E-state index contributed by atoms with van der Waals surface area (Å²) in [5, 5.41) is 7.11. The van der Waals surface area contributed by atoms with Gasteiger partial charge in [-0.15, -0.1) is 0 Å². The van der Waals surface area contributed by atoms with Crippen LogP contribution in [0.3, 0.4) is 0 Å². The molecular formula is C38H38N6O3S. The van der Waals surface area contributed by atoms with Crippen LogP contribution in [0, 0.1) is 13.8 Å². The van der Waals surface area contributed by atoms with E-state index in [4.69, 9.17) is 26.7 Å². The first-order chi connectivity index (χ1) is 23.5. The van der Waals surface area contributed by atoms with Gasteiger partial charge in [0.05, 0.1) is 31.0 Å². The summed E-state index contributed by atoms with van der Waals surface area (Å²) in [6, 6.07) is 33.7. The average molecular weight is 659 g/mol. The number of morpholine rings is 1. The van der Waals surface area contributed by atoms with E-state index in [1.54, 1.807) is 0 Å². The summed E-state index contributed by atoms with van der Waals surface area (Å²) in [7, 11) is 0. The Morgan fingerprint density at radius 3 is 2.31 bits per heavy atom. The van der Waals surface area contributed by atoms with Gasteiger partial charge in [-0.3, -0.25) is 9.78 Å². The molecule has 0 saturated carbocycles. The molecule has 0 unspecified atom stereocenters. The number of thiocarbonyl (C=S) groups is 1.